The average Bonchev–Trinajstić information content (AvgIpc) is 2.63. The molecule has 0 aliphatic carbocycles. The van der Waals surface area contributed by atoms with E-state index in [1.165, 1.54) is 0 Å². The minimum atomic E-state index is -0.128. The maximum Gasteiger partial charge on any atom is 0.255 e. The SMILES string of the molecule is C=Cc1cccc(-c2ccccc2)c1NC(=O)c1ccccc1. The fraction of sp³-hybridized carbons (Fsp3) is 0. The highest BCUT2D eigenvalue weighted by atomic mass is 16.1. The van der Waals surface area contributed by atoms with E-state index in [1.54, 1.807) is 18.2 Å². The molecule has 1 N–H and O–H groups in total. The van der Waals surface area contributed by atoms with E-state index < -0.39 is 0 Å². The summed E-state index contributed by atoms with van der Waals surface area (Å²) in [7, 11) is 0. The van der Waals surface area contributed by atoms with E-state index in [-0.39, 0.29) is 5.91 Å². The molecular weight excluding hydrogens is 282 g/mol. The molecule has 0 aliphatic heterocycles. The van der Waals surface area contributed by atoms with E-state index in [1.807, 2.05) is 66.7 Å². The first-order valence-corrected chi connectivity index (χ1v) is 7.47. The zero-order chi connectivity index (χ0) is 16.1. The predicted octanol–water partition coefficient (Wildman–Crippen LogP) is 5.25. The van der Waals surface area contributed by atoms with Crippen molar-refractivity contribution < 1.29 is 4.79 Å². The van der Waals surface area contributed by atoms with Gasteiger partial charge < -0.3 is 5.32 Å². The van der Waals surface area contributed by atoms with E-state index in [9.17, 15) is 4.79 Å². The lowest BCUT2D eigenvalue weighted by Gasteiger charge is -2.14. The van der Waals surface area contributed by atoms with Crippen LogP contribution in [0.3, 0.4) is 0 Å². The van der Waals surface area contributed by atoms with Crippen molar-refractivity contribution in [2.75, 3.05) is 5.32 Å². The second-order valence-corrected chi connectivity index (χ2v) is 5.16. The third-order valence-corrected chi connectivity index (χ3v) is 3.68. The second-order valence-electron chi connectivity index (χ2n) is 5.16. The summed E-state index contributed by atoms with van der Waals surface area (Å²) in [5, 5.41) is 3.03. The minimum absolute atomic E-state index is 0.128. The van der Waals surface area contributed by atoms with Gasteiger partial charge in [0.2, 0.25) is 0 Å². The maximum absolute atomic E-state index is 12.5. The van der Waals surface area contributed by atoms with Crippen LogP contribution in [-0.2, 0) is 0 Å². The molecule has 0 fully saturated rings. The van der Waals surface area contributed by atoms with Crippen LogP contribution in [0.25, 0.3) is 17.2 Å². The molecule has 1 amide bonds. The van der Waals surface area contributed by atoms with Crippen LogP contribution in [0.2, 0.25) is 0 Å². The Kier molecular flexibility index (Phi) is 4.34. The molecule has 0 saturated heterocycles. The first-order chi connectivity index (χ1) is 11.3. The molecule has 0 radical (unpaired) electrons. The highest BCUT2D eigenvalue weighted by Gasteiger charge is 2.12. The smallest absolute Gasteiger partial charge is 0.255 e. The first kappa shape index (κ1) is 14.8. The van der Waals surface area contributed by atoms with E-state index in [0.29, 0.717) is 5.56 Å². The van der Waals surface area contributed by atoms with Crippen molar-refractivity contribution >= 4 is 17.7 Å². The summed E-state index contributed by atoms with van der Waals surface area (Å²) in [6.45, 7) is 3.86. The number of anilines is 1. The van der Waals surface area contributed by atoms with Crippen LogP contribution in [0, 0.1) is 0 Å². The molecule has 0 bridgehead atoms. The largest absolute Gasteiger partial charge is 0.321 e. The number of carbonyl (C=O) groups is 1. The van der Waals surface area contributed by atoms with Gasteiger partial charge in [-0.25, -0.2) is 0 Å². The number of benzene rings is 3. The van der Waals surface area contributed by atoms with E-state index >= 15 is 0 Å². The van der Waals surface area contributed by atoms with Crippen molar-refractivity contribution in [2.45, 2.75) is 0 Å². The van der Waals surface area contributed by atoms with Crippen LogP contribution in [0.4, 0.5) is 5.69 Å². The molecule has 0 aliphatic rings. The third kappa shape index (κ3) is 3.22. The summed E-state index contributed by atoms with van der Waals surface area (Å²) < 4.78 is 0. The molecule has 0 heterocycles. The maximum atomic E-state index is 12.5. The minimum Gasteiger partial charge on any atom is -0.321 e. The summed E-state index contributed by atoms with van der Waals surface area (Å²) >= 11 is 0. The zero-order valence-electron chi connectivity index (χ0n) is 12.7. The molecule has 0 aromatic heterocycles. The molecule has 0 atom stereocenters. The van der Waals surface area contributed by atoms with Crippen molar-refractivity contribution in [3.05, 3.63) is 96.6 Å². The average molecular weight is 299 g/mol. The molecular formula is C21H17NO. The quantitative estimate of drug-likeness (QED) is 0.700. The van der Waals surface area contributed by atoms with Crippen molar-refractivity contribution in [3.63, 3.8) is 0 Å². The van der Waals surface area contributed by atoms with Gasteiger partial charge in [0.05, 0.1) is 5.69 Å². The van der Waals surface area contributed by atoms with Crippen molar-refractivity contribution in [1.29, 1.82) is 0 Å². The standard InChI is InChI=1S/C21H17NO/c1-2-16-14-9-15-19(17-10-5-3-6-11-17)20(16)22-21(23)18-12-7-4-8-13-18/h2-15H,1H2,(H,22,23). The molecule has 0 spiro atoms. The Balaban J connectivity index is 2.04. The van der Waals surface area contributed by atoms with Gasteiger partial charge in [-0.1, -0.05) is 79.4 Å². The Morgan fingerprint density at radius 2 is 1.48 bits per heavy atom. The molecule has 0 unspecified atom stereocenters. The van der Waals surface area contributed by atoms with Crippen molar-refractivity contribution in [3.8, 4) is 11.1 Å². The topological polar surface area (TPSA) is 29.1 Å². The predicted molar refractivity (Wildman–Crippen MR) is 96.4 cm³/mol. The lowest BCUT2D eigenvalue weighted by molar-refractivity contribution is 0.102. The van der Waals surface area contributed by atoms with Gasteiger partial charge in [0.15, 0.2) is 0 Å². The molecule has 2 nitrogen and oxygen atoms in total. The number of hydrogen-bond donors (Lipinski definition) is 1. The Hall–Kier alpha value is -3.13. The Morgan fingerprint density at radius 1 is 0.826 bits per heavy atom. The van der Waals surface area contributed by atoms with Gasteiger partial charge in [-0.2, -0.15) is 0 Å². The van der Waals surface area contributed by atoms with Crippen LogP contribution in [0.5, 0.6) is 0 Å². The van der Waals surface area contributed by atoms with Crippen LogP contribution in [0.1, 0.15) is 15.9 Å². The third-order valence-electron chi connectivity index (χ3n) is 3.68. The summed E-state index contributed by atoms with van der Waals surface area (Å²) in [5.74, 6) is -0.128. The van der Waals surface area contributed by atoms with Crippen LogP contribution in [-0.4, -0.2) is 5.91 Å². The monoisotopic (exact) mass is 299 g/mol. The van der Waals surface area contributed by atoms with E-state index in [2.05, 4.69) is 11.9 Å². The van der Waals surface area contributed by atoms with Crippen LogP contribution in [0.15, 0.2) is 85.4 Å². The summed E-state index contributed by atoms with van der Waals surface area (Å²) in [6.07, 6.45) is 1.76. The van der Waals surface area contributed by atoms with Gasteiger partial charge in [0.25, 0.3) is 5.91 Å². The van der Waals surface area contributed by atoms with Gasteiger partial charge in [0, 0.05) is 11.1 Å². The van der Waals surface area contributed by atoms with E-state index in [4.69, 9.17) is 0 Å². The number of rotatable bonds is 4. The van der Waals surface area contributed by atoms with Gasteiger partial charge in [-0.3, -0.25) is 4.79 Å². The number of nitrogens with one attached hydrogen (secondary N) is 1. The fourth-order valence-electron chi connectivity index (χ4n) is 2.51. The summed E-state index contributed by atoms with van der Waals surface area (Å²) in [4.78, 5) is 12.5. The lowest BCUT2D eigenvalue weighted by atomic mass is 9.99. The Labute approximate surface area is 136 Å². The number of hydrogen-bond acceptors (Lipinski definition) is 1. The highest BCUT2D eigenvalue weighted by Crippen LogP contribution is 2.32. The highest BCUT2D eigenvalue weighted by molar-refractivity contribution is 6.07. The van der Waals surface area contributed by atoms with Gasteiger partial charge in [-0.05, 0) is 23.3 Å². The lowest BCUT2D eigenvalue weighted by Crippen LogP contribution is -2.13. The first-order valence-electron chi connectivity index (χ1n) is 7.47. The van der Waals surface area contributed by atoms with Crippen molar-refractivity contribution in [2.24, 2.45) is 0 Å². The van der Waals surface area contributed by atoms with Crippen LogP contribution >= 0.6 is 0 Å². The van der Waals surface area contributed by atoms with Gasteiger partial charge in [0.1, 0.15) is 0 Å². The zero-order valence-corrected chi connectivity index (χ0v) is 12.7. The van der Waals surface area contributed by atoms with E-state index in [0.717, 1.165) is 22.4 Å². The number of carbonyl (C=O) groups excluding carboxylic acids is 1. The molecule has 3 aromatic rings. The normalized spacial score (nSPS) is 10.1. The van der Waals surface area contributed by atoms with Gasteiger partial charge in [-0.15, -0.1) is 0 Å². The number of amides is 1. The second kappa shape index (κ2) is 6.75. The summed E-state index contributed by atoms with van der Waals surface area (Å²) in [6, 6.07) is 25.1. The summed E-state index contributed by atoms with van der Waals surface area (Å²) in [5.41, 5.74) is 4.34. The molecule has 0 saturated carbocycles. The Bertz CT molecular complexity index is 823. The van der Waals surface area contributed by atoms with Crippen LogP contribution < -0.4 is 5.32 Å². The molecule has 23 heavy (non-hydrogen) atoms. The van der Waals surface area contributed by atoms with Gasteiger partial charge >= 0.3 is 0 Å². The fourth-order valence-corrected chi connectivity index (χ4v) is 2.51. The molecule has 112 valence electrons. The van der Waals surface area contributed by atoms with Crippen molar-refractivity contribution in [1.82, 2.24) is 0 Å². The Morgan fingerprint density at radius 3 is 2.13 bits per heavy atom. The molecule has 3 rings (SSSR count). The number of para-hydroxylation sites is 1. The molecule has 3 aromatic carbocycles. The molecule has 2 heteroatoms.